The van der Waals surface area contributed by atoms with Gasteiger partial charge in [0.05, 0.1) is 6.04 Å². The Kier molecular flexibility index (Phi) is 4.27. The minimum Gasteiger partial charge on any atom is -0.480 e. The number of nitrogens with zero attached hydrogens (tertiary/aromatic N) is 1. The second kappa shape index (κ2) is 6.18. The molecule has 1 aromatic heterocycles. The number of carboxylic acid groups (broad SMARTS) is 1. The average Bonchev–Trinajstić information content (AvgIpc) is 3.09. The summed E-state index contributed by atoms with van der Waals surface area (Å²) in [6, 6.07) is 7.85. The van der Waals surface area contributed by atoms with Crippen LogP contribution in [0.4, 0.5) is 4.39 Å². The van der Waals surface area contributed by atoms with E-state index in [4.69, 9.17) is 0 Å². The molecule has 0 amide bonds. The minimum absolute atomic E-state index is 0.196. The highest BCUT2D eigenvalue weighted by Crippen LogP contribution is 2.37. The number of likely N-dealkylation sites (tertiary alicyclic amines) is 1. The highest BCUT2D eigenvalue weighted by Gasteiger charge is 2.37. The normalized spacial score (nSPS) is 20.2. The Hall–Kier alpha value is -1.72. The Morgan fingerprint density at radius 1 is 1.45 bits per heavy atom. The molecule has 3 nitrogen and oxygen atoms in total. The number of rotatable bonds is 4. The Balaban J connectivity index is 2.05. The molecular formula is C17H18FNO2S. The van der Waals surface area contributed by atoms with Crippen molar-refractivity contribution in [1.82, 2.24) is 4.90 Å². The van der Waals surface area contributed by atoms with Crippen LogP contribution in [0.1, 0.15) is 34.9 Å². The first kappa shape index (κ1) is 15.2. The summed E-state index contributed by atoms with van der Waals surface area (Å²) in [6.45, 7) is 2.73. The van der Waals surface area contributed by atoms with Crippen molar-refractivity contribution >= 4 is 17.3 Å². The molecule has 1 aromatic carbocycles. The molecule has 2 atom stereocenters. The van der Waals surface area contributed by atoms with E-state index in [0.717, 1.165) is 29.0 Å². The van der Waals surface area contributed by atoms with Gasteiger partial charge in [0.25, 0.3) is 0 Å². The van der Waals surface area contributed by atoms with E-state index >= 15 is 0 Å². The van der Waals surface area contributed by atoms with Crippen LogP contribution < -0.4 is 0 Å². The lowest BCUT2D eigenvalue weighted by Gasteiger charge is -2.31. The van der Waals surface area contributed by atoms with Crippen LogP contribution in [0.15, 0.2) is 35.7 Å². The number of thiophene rings is 1. The molecule has 116 valence electrons. The molecule has 1 N–H and O–H groups in total. The van der Waals surface area contributed by atoms with Crippen LogP contribution in [0.3, 0.4) is 0 Å². The number of carboxylic acids is 1. The topological polar surface area (TPSA) is 40.5 Å². The molecule has 1 saturated heterocycles. The van der Waals surface area contributed by atoms with E-state index in [-0.39, 0.29) is 11.9 Å². The van der Waals surface area contributed by atoms with E-state index in [9.17, 15) is 14.3 Å². The van der Waals surface area contributed by atoms with Gasteiger partial charge < -0.3 is 5.11 Å². The van der Waals surface area contributed by atoms with Crippen LogP contribution in [-0.4, -0.2) is 28.6 Å². The number of hydrogen-bond donors (Lipinski definition) is 1. The molecule has 2 unspecified atom stereocenters. The zero-order valence-electron chi connectivity index (χ0n) is 12.3. The monoisotopic (exact) mass is 319 g/mol. The SMILES string of the molecule is Cc1csc(C(c2cccc(F)c2)N2CCCC2C(=O)O)c1. The Bertz CT molecular complexity index is 685. The van der Waals surface area contributed by atoms with Crippen LogP contribution in [0, 0.1) is 12.7 Å². The fourth-order valence-corrected chi connectivity index (χ4v) is 4.20. The number of aryl methyl sites for hydroxylation is 1. The molecule has 3 rings (SSSR count). The molecule has 0 saturated carbocycles. The van der Waals surface area contributed by atoms with Crippen LogP contribution in [-0.2, 0) is 4.79 Å². The zero-order chi connectivity index (χ0) is 15.7. The van der Waals surface area contributed by atoms with Crippen molar-refractivity contribution in [2.45, 2.75) is 31.8 Å². The maximum Gasteiger partial charge on any atom is 0.320 e. The third-order valence-corrected chi connectivity index (χ3v) is 5.20. The number of carbonyl (C=O) groups is 1. The van der Waals surface area contributed by atoms with E-state index in [1.54, 1.807) is 17.4 Å². The van der Waals surface area contributed by atoms with Crippen LogP contribution in [0.25, 0.3) is 0 Å². The van der Waals surface area contributed by atoms with Gasteiger partial charge >= 0.3 is 5.97 Å². The summed E-state index contributed by atoms with van der Waals surface area (Å²) >= 11 is 1.60. The summed E-state index contributed by atoms with van der Waals surface area (Å²) in [5.74, 6) is -1.09. The Morgan fingerprint density at radius 3 is 2.91 bits per heavy atom. The summed E-state index contributed by atoms with van der Waals surface area (Å²) in [7, 11) is 0. The predicted octanol–water partition coefficient (Wildman–Crippen LogP) is 3.83. The maximum absolute atomic E-state index is 13.7. The van der Waals surface area contributed by atoms with Gasteiger partial charge in [-0.05, 0) is 54.5 Å². The van der Waals surface area contributed by atoms with Gasteiger partial charge in [-0.25, -0.2) is 4.39 Å². The summed E-state index contributed by atoms with van der Waals surface area (Å²) in [5.41, 5.74) is 1.96. The van der Waals surface area contributed by atoms with Gasteiger partial charge in [-0.15, -0.1) is 11.3 Å². The standard InChI is InChI=1S/C17H18FNO2S/c1-11-8-15(22-10-11)16(12-4-2-5-13(18)9-12)19-7-3-6-14(19)17(20)21/h2,4-5,8-10,14,16H,3,6-7H2,1H3,(H,20,21). The van der Waals surface area contributed by atoms with Crippen molar-refractivity contribution in [1.29, 1.82) is 0 Å². The smallest absolute Gasteiger partial charge is 0.320 e. The highest BCUT2D eigenvalue weighted by atomic mass is 32.1. The number of benzene rings is 1. The van der Waals surface area contributed by atoms with Crippen molar-refractivity contribution < 1.29 is 14.3 Å². The molecule has 1 fully saturated rings. The fraction of sp³-hybridized carbons (Fsp3) is 0.353. The van der Waals surface area contributed by atoms with Crippen LogP contribution >= 0.6 is 11.3 Å². The number of halogens is 1. The van der Waals surface area contributed by atoms with Gasteiger partial charge in [0.2, 0.25) is 0 Å². The maximum atomic E-state index is 13.7. The second-order valence-corrected chi connectivity index (χ2v) is 6.66. The van der Waals surface area contributed by atoms with Gasteiger partial charge in [-0.1, -0.05) is 12.1 Å². The largest absolute Gasteiger partial charge is 0.480 e. The predicted molar refractivity (Wildman–Crippen MR) is 84.7 cm³/mol. The Morgan fingerprint density at radius 2 is 2.27 bits per heavy atom. The summed E-state index contributed by atoms with van der Waals surface area (Å²) in [5, 5.41) is 11.5. The van der Waals surface area contributed by atoms with Crippen molar-refractivity contribution in [3.63, 3.8) is 0 Å². The molecule has 0 radical (unpaired) electrons. The zero-order valence-corrected chi connectivity index (χ0v) is 13.1. The van der Waals surface area contributed by atoms with E-state index < -0.39 is 12.0 Å². The van der Waals surface area contributed by atoms with Gasteiger partial charge in [0.15, 0.2) is 0 Å². The van der Waals surface area contributed by atoms with Gasteiger partial charge in [-0.3, -0.25) is 9.69 Å². The lowest BCUT2D eigenvalue weighted by molar-refractivity contribution is -0.142. The summed E-state index contributed by atoms with van der Waals surface area (Å²) < 4.78 is 13.7. The molecule has 0 spiro atoms. The summed E-state index contributed by atoms with van der Waals surface area (Å²) in [4.78, 5) is 14.6. The fourth-order valence-electron chi connectivity index (χ4n) is 3.16. The molecule has 2 aromatic rings. The molecule has 1 aliphatic rings. The van der Waals surface area contributed by atoms with Crippen molar-refractivity contribution in [3.05, 3.63) is 57.5 Å². The lowest BCUT2D eigenvalue weighted by Crippen LogP contribution is -2.39. The van der Waals surface area contributed by atoms with Gasteiger partial charge in [-0.2, -0.15) is 0 Å². The van der Waals surface area contributed by atoms with Crippen molar-refractivity contribution in [2.24, 2.45) is 0 Å². The number of hydrogen-bond acceptors (Lipinski definition) is 3. The molecule has 22 heavy (non-hydrogen) atoms. The van der Waals surface area contributed by atoms with E-state index in [1.165, 1.54) is 12.1 Å². The van der Waals surface area contributed by atoms with Gasteiger partial charge in [0.1, 0.15) is 11.9 Å². The molecule has 1 aliphatic heterocycles. The Labute approximate surface area is 133 Å². The van der Waals surface area contributed by atoms with E-state index in [0.29, 0.717) is 6.42 Å². The van der Waals surface area contributed by atoms with E-state index in [1.807, 2.05) is 23.3 Å². The first-order valence-corrected chi connectivity index (χ1v) is 8.23. The lowest BCUT2D eigenvalue weighted by atomic mass is 10.0. The molecule has 0 aliphatic carbocycles. The first-order chi connectivity index (χ1) is 10.6. The molecule has 5 heteroatoms. The third kappa shape index (κ3) is 2.91. The third-order valence-electron chi connectivity index (χ3n) is 4.10. The van der Waals surface area contributed by atoms with Crippen LogP contribution in [0.2, 0.25) is 0 Å². The molecule has 2 heterocycles. The first-order valence-electron chi connectivity index (χ1n) is 7.35. The minimum atomic E-state index is -0.799. The quantitative estimate of drug-likeness (QED) is 0.931. The number of aliphatic carboxylic acids is 1. The van der Waals surface area contributed by atoms with Crippen molar-refractivity contribution in [2.75, 3.05) is 6.54 Å². The van der Waals surface area contributed by atoms with Gasteiger partial charge in [0, 0.05) is 11.4 Å². The molecule has 0 bridgehead atoms. The summed E-state index contributed by atoms with van der Waals surface area (Å²) in [6.07, 6.45) is 1.50. The van der Waals surface area contributed by atoms with Crippen molar-refractivity contribution in [3.8, 4) is 0 Å². The molecular weight excluding hydrogens is 301 g/mol. The average molecular weight is 319 g/mol. The van der Waals surface area contributed by atoms with E-state index in [2.05, 4.69) is 6.07 Å². The second-order valence-electron chi connectivity index (χ2n) is 5.72. The highest BCUT2D eigenvalue weighted by molar-refractivity contribution is 7.10. The van der Waals surface area contributed by atoms with Crippen LogP contribution in [0.5, 0.6) is 0 Å².